The van der Waals surface area contributed by atoms with E-state index in [1.54, 1.807) is 20.8 Å². The summed E-state index contributed by atoms with van der Waals surface area (Å²) in [4.78, 5) is 35.6. The second-order valence-corrected chi connectivity index (χ2v) is 4.41. The molecule has 116 valence electrons. The lowest BCUT2D eigenvalue weighted by atomic mass is 10.1. The zero-order valence-corrected chi connectivity index (χ0v) is 12.7. The molecule has 0 amide bonds. The first-order chi connectivity index (χ1) is 10.6. The molecule has 0 saturated carbocycles. The lowest BCUT2D eigenvalue weighted by molar-refractivity contribution is 0.0480. The van der Waals surface area contributed by atoms with E-state index in [9.17, 15) is 9.59 Å². The highest BCUT2D eigenvalue weighted by atomic mass is 16.5. The third-order valence-electron chi connectivity index (χ3n) is 2.97. The number of H-pyrrole nitrogens is 1. The lowest BCUT2D eigenvalue weighted by Gasteiger charge is -2.06. The van der Waals surface area contributed by atoms with Crippen LogP contribution in [0.5, 0.6) is 0 Å². The maximum atomic E-state index is 12.3. The maximum absolute atomic E-state index is 12.3. The molecular formula is C15H17N3O4. The molecule has 0 spiro atoms. The Bertz CT molecular complexity index is 680. The van der Waals surface area contributed by atoms with Crippen LogP contribution in [0.3, 0.4) is 0 Å². The van der Waals surface area contributed by atoms with Gasteiger partial charge >= 0.3 is 11.9 Å². The molecule has 2 heterocycles. The van der Waals surface area contributed by atoms with Crippen LogP contribution in [0.4, 0.5) is 0 Å². The molecule has 0 fully saturated rings. The second-order valence-electron chi connectivity index (χ2n) is 4.41. The number of esters is 2. The normalized spacial score (nSPS) is 10.3. The first kappa shape index (κ1) is 15.7. The highest BCUT2D eigenvalue weighted by Crippen LogP contribution is 2.28. The van der Waals surface area contributed by atoms with Gasteiger partial charge in [0.1, 0.15) is 11.3 Å². The number of carbonyl (C=O) groups excluding carboxylic acids is 2. The minimum atomic E-state index is -0.601. The second kappa shape index (κ2) is 6.84. The summed E-state index contributed by atoms with van der Waals surface area (Å²) in [6.07, 6.45) is 4.53. The number of hydrogen-bond acceptors (Lipinski definition) is 6. The van der Waals surface area contributed by atoms with Gasteiger partial charge in [0, 0.05) is 18.1 Å². The highest BCUT2D eigenvalue weighted by Gasteiger charge is 2.29. The SMILES string of the molecule is CCOC(=O)c1c(C)[nH]c(-c2cnccn2)c1C(=O)OCC. The standard InChI is InChI=1S/C15H17N3O4/c1-4-21-14(19)11-9(3)18-13(10-8-16-6-7-17-10)12(11)15(20)22-5-2/h6-8,18H,4-5H2,1-3H3. The molecule has 0 aliphatic rings. The van der Waals surface area contributed by atoms with Crippen molar-refractivity contribution in [3.63, 3.8) is 0 Å². The molecule has 0 aliphatic heterocycles. The van der Waals surface area contributed by atoms with E-state index in [0.29, 0.717) is 17.1 Å². The van der Waals surface area contributed by atoms with Crippen molar-refractivity contribution in [1.82, 2.24) is 15.0 Å². The van der Waals surface area contributed by atoms with Crippen molar-refractivity contribution < 1.29 is 19.1 Å². The van der Waals surface area contributed by atoms with Crippen LogP contribution in [0, 0.1) is 6.92 Å². The summed E-state index contributed by atoms with van der Waals surface area (Å²) >= 11 is 0. The number of aromatic nitrogens is 3. The zero-order valence-electron chi connectivity index (χ0n) is 12.7. The summed E-state index contributed by atoms with van der Waals surface area (Å²) in [5.41, 5.74) is 1.65. The molecule has 7 nitrogen and oxygen atoms in total. The average Bonchev–Trinajstić information content (AvgIpc) is 2.86. The van der Waals surface area contributed by atoms with Crippen LogP contribution in [0.1, 0.15) is 40.3 Å². The van der Waals surface area contributed by atoms with Gasteiger partial charge in [0.25, 0.3) is 0 Å². The summed E-state index contributed by atoms with van der Waals surface area (Å²) in [6.45, 7) is 5.50. The Kier molecular flexibility index (Phi) is 4.88. The van der Waals surface area contributed by atoms with Crippen LogP contribution in [-0.4, -0.2) is 40.1 Å². The Morgan fingerprint density at radius 1 is 1.09 bits per heavy atom. The number of carbonyl (C=O) groups is 2. The van der Waals surface area contributed by atoms with E-state index in [0.717, 1.165) is 0 Å². The molecule has 2 rings (SSSR count). The topological polar surface area (TPSA) is 94.2 Å². The summed E-state index contributed by atoms with van der Waals surface area (Å²) in [5, 5.41) is 0. The Morgan fingerprint density at radius 3 is 2.27 bits per heavy atom. The maximum Gasteiger partial charge on any atom is 0.341 e. The van der Waals surface area contributed by atoms with E-state index in [1.807, 2.05) is 0 Å². The summed E-state index contributed by atoms with van der Waals surface area (Å²) in [5.74, 6) is -1.18. The molecule has 7 heteroatoms. The molecule has 0 radical (unpaired) electrons. The smallest absolute Gasteiger partial charge is 0.341 e. The largest absolute Gasteiger partial charge is 0.462 e. The number of aromatic amines is 1. The van der Waals surface area contributed by atoms with Crippen LogP contribution < -0.4 is 0 Å². The Balaban J connectivity index is 2.62. The van der Waals surface area contributed by atoms with Gasteiger partial charge in [0.15, 0.2) is 0 Å². The molecule has 0 aromatic carbocycles. The van der Waals surface area contributed by atoms with Crippen molar-refractivity contribution in [2.75, 3.05) is 13.2 Å². The average molecular weight is 303 g/mol. The molecule has 2 aromatic rings. The van der Waals surface area contributed by atoms with Crippen LogP contribution in [0.15, 0.2) is 18.6 Å². The quantitative estimate of drug-likeness (QED) is 0.850. The van der Waals surface area contributed by atoms with Crippen LogP contribution in [0.25, 0.3) is 11.4 Å². The first-order valence-corrected chi connectivity index (χ1v) is 6.93. The van der Waals surface area contributed by atoms with Gasteiger partial charge in [-0.2, -0.15) is 0 Å². The molecule has 0 unspecified atom stereocenters. The predicted molar refractivity (Wildman–Crippen MR) is 78.5 cm³/mol. The number of nitrogens with zero attached hydrogens (tertiary/aromatic N) is 2. The number of rotatable bonds is 5. The minimum Gasteiger partial charge on any atom is -0.462 e. The molecule has 2 aromatic heterocycles. The van der Waals surface area contributed by atoms with E-state index in [-0.39, 0.29) is 24.3 Å². The summed E-state index contributed by atoms with van der Waals surface area (Å²) in [7, 11) is 0. The van der Waals surface area contributed by atoms with Gasteiger partial charge in [-0.05, 0) is 20.8 Å². The van der Waals surface area contributed by atoms with Gasteiger partial charge in [-0.25, -0.2) is 9.59 Å². The molecular weight excluding hydrogens is 286 g/mol. The molecule has 0 bridgehead atoms. The molecule has 0 aliphatic carbocycles. The Hall–Kier alpha value is -2.70. The van der Waals surface area contributed by atoms with E-state index in [2.05, 4.69) is 15.0 Å². The van der Waals surface area contributed by atoms with Crippen molar-refractivity contribution in [3.8, 4) is 11.4 Å². The highest BCUT2D eigenvalue weighted by molar-refractivity contribution is 6.08. The van der Waals surface area contributed by atoms with Crippen LogP contribution >= 0.6 is 0 Å². The van der Waals surface area contributed by atoms with Gasteiger partial charge in [-0.1, -0.05) is 0 Å². The monoisotopic (exact) mass is 303 g/mol. The predicted octanol–water partition coefficient (Wildman–Crippen LogP) is 2.13. The fourth-order valence-electron chi connectivity index (χ4n) is 2.11. The molecule has 0 atom stereocenters. The van der Waals surface area contributed by atoms with E-state index >= 15 is 0 Å². The van der Waals surface area contributed by atoms with Crippen LogP contribution in [-0.2, 0) is 9.47 Å². The van der Waals surface area contributed by atoms with Crippen LogP contribution in [0.2, 0.25) is 0 Å². The Labute approximate surface area is 127 Å². The fraction of sp³-hybridized carbons (Fsp3) is 0.333. The van der Waals surface area contributed by atoms with E-state index < -0.39 is 11.9 Å². The van der Waals surface area contributed by atoms with Gasteiger partial charge in [-0.15, -0.1) is 0 Å². The summed E-state index contributed by atoms with van der Waals surface area (Å²) in [6, 6.07) is 0. The van der Waals surface area contributed by atoms with Crippen molar-refractivity contribution in [2.24, 2.45) is 0 Å². The molecule has 0 saturated heterocycles. The van der Waals surface area contributed by atoms with Crippen molar-refractivity contribution in [2.45, 2.75) is 20.8 Å². The van der Waals surface area contributed by atoms with Gasteiger partial charge < -0.3 is 14.5 Å². The Morgan fingerprint density at radius 2 is 1.73 bits per heavy atom. The van der Waals surface area contributed by atoms with Gasteiger partial charge in [0.05, 0.1) is 30.7 Å². The first-order valence-electron chi connectivity index (χ1n) is 6.93. The van der Waals surface area contributed by atoms with Crippen molar-refractivity contribution in [1.29, 1.82) is 0 Å². The number of hydrogen-bond donors (Lipinski definition) is 1. The third-order valence-corrected chi connectivity index (χ3v) is 2.97. The third kappa shape index (κ3) is 2.98. The van der Waals surface area contributed by atoms with Crippen molar-refractivity contribution in [3.05, 3.63) is 35.4 Å². The lowest BCUT2D eigenvalue weighted by Crippen LogP contribution is -2.14. The molecule has 22 heavy (non-hydrogen) atoms. The number of ether oxygens (including phenoxy) is 2. The minimum absolute atomic E-state index is 0.123. The zero-order chi connectivity index (χ0) is 16.1. The fourth-order valence-corrected chi connectivity index (χ4v) is 2.11. The molecule has 1 N–H and O–H groups in total. The van der Waals surface area contributed by atoms with Gasteiger partial charge in [0.2, 0.25) is 0 Å². The van der Waals surface area contributed by atoms with E-state index in [1.165, 1.54) is 18.6 Å². The van der Waals surface area contributed by atoms with Gasteiger partial charge in [-0.3, -0.25) is 9.97 Å². The number of aryl methyl sites for hydroxylation is 1. The summed E-state index contributed by atoms with van der Waals surface area (Å²) < 4.78 is 10.1. The van der Waals surface area contributed by atoms with Crippen molar-refractivity contribution >= 4 is 11.9 Å². The number of nitrogens with one attached hydrogen (secondary N) is 1. The van der Waals surface area contributed by atoms with E-state index in [4.69, 9.17) is 9.47 Å².